The summed E-state index contributed by atoms with van der Waals surface area (Å²) in [5.41, 5.74) is 0. The molecule has 0 aromatic rings. The van der Waals surface area contributed by atoms with E-state index < -0.39 is 20.0 Å². The maximum absolute atomic E-state index is 12.8. The number of hydrogen-bond acceptors (Lipinski definition) is 6. The van der Waals surface area contributed by atoms with Crippen LogP contribution < -0.4 is 10.2 Å². The highest BCUT2D eigenvalue weighted by Gasteiger charge is 2.24. The van der Waals surface area contributed by atoms with Gasteiger partial charge >= 0.3 is 0 Å². The number of hydrogen-bond donors (Lipinski definition) is 2. The molecule has 0 aromatic heterocycles. The van der Waals surface area contributed by atoms with Gasteiger partial charge in [-0.05, 0) is 38.5 Å². The molecule has 0 aliphatic carbocycles. The molecular weight excluding hydrogens is 804 g/mol. The monoisotopic (exact) mass is 913 g/mol. The fraction of sp³-hybridized carbons (Fsp3) is 0.944. The Balaban J connectivity index is 3.73. The normalized spacial score (nSPS) is 14.1. The van der Waals surface area contributed by atoms with Gasteiger partial charge in [-0.1, -0.05) is 244 Å². The highest BCUT2D eigenvalue weighted by atomic mass is 31.2. The van der Waals surface area contributed by atoms with E-state index in [1.807, 2.05) is 21.1 Å². The van der Waals surface area contributed by atoms with Crippen molar-refractivity contribution in [1.29, 1.82) is 0 Å². The first kappa shape index (κ1) is 62.2. The van der Waals surface area contributed by atoms with E-state index >= 15 is 0 Å². The number of unbranched alkanes of at least 4 members (excludes halogenated alkanes) is 36. The summed E-state index contributed by atoms with van der Waals surface area (Å²) < 4.78 is 23.2. The molecule has 0 bridgehead atoms. The number of aliphatic hydroxyl groups excluding tert-OH is 1. The van der Waals surface area contributed by atoms with Gasteiger partial charge in [-0.25, -0.2) is 0 Å². The molecule has 0 fully saturated rings. The summed E-state index contributed by atoms with van der Waals surface area (Å²) in [5, 5.41) is 13.8. The van der Waals surface area contributed by atoms with Crippen molar-refractivity contribution in [2.24, 2.45) is 0 Å². The third-order valence-electron chi connectivity index (χ3n) is 12.8. The number of likely N-dealkylation sites (N-methyl/N-ethyl adjacent to an activating group) is 1. The molecule has 9 heteroatoms. The van der Waals surface area contributed by atoms with Gasteiger partial charge in [0.05, 0.1) is 39.9 Å². The molecule has 0 radical (unpaired) electrons. The second-order valence-electron chi connectivity index (χ2n) is 20.3. The Morgan fingerprint density at radius 2 is 0.873 bits per heavy atom. The van der Waals surface area contributed by atoms with Crippen molar-refractivity contribution >= 4 is 13.7 Å². The minimum atomic E-state index is -4.55. The first-order valence-corrected chi connectivity index (χ1v) is 29.0. The smallest absolute Gasteiger partial charge is 0.268 e. The molecule has 3 unspecified atom stereocenters. The summed E-state index contributed by atoms with van der Waals surface area (Å²) in [6.07, 6.45) is 55.9. The van der Waals surface area contributed by atoms with Crippen LogP contribution in [-0.4, -0.2) is 68.5 Å². The van der Waals surface area contributed by atoms with Crippen molar-refractivity contribution in [3.05, 3.63) is 12.2 Å². The first-order valence-electron chi connectivity index (χ1n) is 27.5. The van der Waals surface area contributed by atoms with E-state index in [2.05, 4.69) is 31.3 Å². The largest absolute Gasteiger partial charge is 0.756 e. The van der Waals surface area contributed by atoms with Crippen LogP contribution in [0.2, 0.25) is 0 Å². The second-order valence-corrected chi connectivity index (χ2v) is 21.7. The summed E-state index contributed by atoms with van der Waals surface area (Å²) in [5.74, 6) is -0.165. The van der Waals surface area contributed by atoms with Crippen LogP contribution in [0.25, 0.3) is 0 Å². The number of allylic oxidation sites excluding steroid dienone is 2. The number of phosphoric acid groups is 1. The van der Waals surface area contributed by atoms with Crippen LogP contribution in [0.5, 0.6) is 0 Å². The van der Waals surface area contributed by atoms with Crippen LogP contribution in [0.3, 0.4) is 0 Å². The summed E-state index contributed by atoms with van der Waals surface area (Å²) in [4.78, 5) is 25.2. The fourth-order valence-electron chi connectivity index (χ4n) is 8.39. The number of phosphoric ester groups is 1. The first-order chi connectivity index (χ1) is 30.5. The number of aliphatic hydroxyl groups is 1. The molecule has 0 aliphatic heterocycles. The lowest BCUT2D eigenvalue weighted by Gasteiger charge is -2.30. The Hall–Kier alpha value is -0.760. The van der Waals surface area contributed by atoms with Crippen LogP contribution in [0.4, 0.5) is 0 Å². The van der Waals surface area contributed by atoms with E-state index in [0.717, 1.165) is 38.5 Å². The average molecular weight is 913 g/mol. The molecule has 0 saturated carbocycles. The lowest BCUT2D eigenvalue weighted by atomic mass is 10.0. The van der Waals surface area contributed by atoms with Gasteiger partial charge in [-0.2, -0.15) is 0 Å². The van der Waals surface area contributed by atoms with Crippen LogP contribution >= 0.6 is 7.82 Å². The zero-order valence-corrected chi connectivity index (χ0v) is 43.7. The van der Waals surface area contributed by atoms with Gasteiger partial charge in [0.1, 0.15) is 13.2 Å². The van der Waals surface area contributed by atoms with Crippen molar-refractivity contribution in [2.45, 2.75) is 289 Å². The molecular formula is C54H109N2O6P. The highest BCUT2D eigenvalue weighted by molar-refractivity contribution is 7.45. The Morgan fingerprint density at radius 1 is 0.540 bits per heavy atom. The lowest BCUT2D eigenvalue weighted by Crippen LogP contribution is -2.46. The maximum atomic E-state index is 12.8. The number of rotatable bonds is 51. The summed E-state index contributed by atoms with van der Waals surface area (Å²) in [6.45, 7) is 4.67. The fourth-order valence-corrected chi connectivity index (χ4v) is 9.11. The zero-order valence-electron chi connectivity index (χ0n) is 42.8. The molecule has 0 aliphatic rings. The summed E-state index contributed by atoms with van der Waals surface area (Å²) >= 11 is 0. The Kier molecular flexibility index (Phi) is 45.8. The molecule has 0 heterocycles. The molecule has 0 spiro atoms. The van der Waals surface area contributed by atoms with Gasteiger partial charge in [-0.15, -0.1) is 0 Å². The molecule has 8 nitrogen and oxygen atoms in total. The molecule has 3 atom stereocenters. The molecule has 0 rings (SSSR count). The third-order valence-corrected chi connectivity index (χ3v) is 13.7. The van der Waals surface area contributed by atoms with Gasteiger partial charge in [0.2, 0.25) is 5.91 Å². The van der Waals surface area contributed by atoms with Crippen LogP contribution in [0.15, 0.2) is 12.2 Å². The Bertz CT molecular complexity index is 1040. The lowest BCUT2D eigenvalue weighted by molar-refractivity contribution is -0.870. The van der Waals surface area contributed by atoms with Crippen molar-refractivity contribution in [3.63, 3.8) is 0 Å². The average Bonchev–Trinajstić information content (AvgIpc) is 3.24. The molecule has 63 heavy (non-hydrogen) atoms. The van der Waals surface area contributed by atoms with E-state index in [-0.39, 0.29) is 19.1 Å². The standard InChI is InChI=1S/C54H109N2O6P/c1-6-8-10-12-14-15-16-17-18-19-20-21-22-23-24-25-26-27-28-29-30-31-32-33-34-35-36-37-38-39-40-41-42-44-46-48-54(58)55-52(53(57)47-45-43-13-11-9-7-2)51-62-63(59,60)61-50-49-56(3,4)5/h19-20,52-53,57H,6-18,21-51H2,1-5H3,(H-,55,58,59,60)/b20-19-. The van der Waals surface area contributed by atoms with E-state index in [0.29, 0.717) is 23.9 Å². The molecule has 376 valence electrons. The minimum Gasteiger partial charge on any atom is -0.756 e. The van der Waals surface area contributed by atoms with Gasteiger partial charge < -0.3 is 28.8 Å². The zero-order chi connectivity index (χ0) is 46.4. The number of quaternary nitrogens is 1. The Morgan fingerprint density at radius 3 is 1.24 bits per heavy atom. The quantitative estimate of drug-likeness (QED) is 0.0272. The van der Waals surface area contributed by atoms with E-state index in [4.69, 9.17) is 9.05 Å². The van der Waals surface area contributed by atoms with Crippen molar-refractivity contribution in [1.82, 2.24) is 5.32 Å². The number of nitrogens with zero attached hydrogens (tertiary/aromatic N) is 1. The highest BCUT2D eigenvalue weighted by Crippen LogP contribution is 2.38. The number of carbonyl (C=O) groups is 1. The predicted molar refractivity (Wildman–Crippen MR) is 270 cm³/mol. The summed E-state index contributed by atoms with van der Waals surface area (Å²) in [6, 6.07) is -0.792. The van der Waals surface area contributed by atoms with Crippen LogP contribution in [-0.2, 0) is 18.4 Å². The molecule has 0 aromatic carbocycles. The molecule has 2 N–H and O–H groups in total. The van der Waals surface area contributed by atoms with Crippen molar-refractivity contribution < 1.29 is 32.9 Å². The number of nitrogens with one attached hydrogen (secondary N) is 1. The third kappa shape index (κ3) is 49.0. The second kappa shape index (κ2) is 46.4. The number of amides is 1. The van der Waals surface area contributed by atoms with Gasteiger partial charge in [0.15, 0.2) is 0 Å². The van der Waals surface area contributed by atoms with E-state index in [1.165, 1.54) is 212 Å². The Labute approximate surface area is 392 Å². The minimum absolute atomic E-state index is 0.0144. The molecule has 1 amide bonds. The van der Waals surface area contributed by atoms with Crippen LogP contribution in [0, 0.1) is 0 Å². The predicted octanol–water partition coefficient (Wildman–Crippen LogP) is 15.6. The topological polar surface area (TPSA) is 108 Å². The summed E-state index contributed by atoms with van der Waals surface area (Å²) in [7, 11) is 1.31. The van der Waals surface area contributed by atoms with Crippen molar-refractivity contribution in [2.75, 3.05) is 40.9 Å². The van der Waals surface area contributed by atoms with Gasteiger partial charge in [-0.3, -0.25) is 9.36 Å². The maximum Gasteiger partial charge on any atom is 0.268 e. The number of carbonyl (C=O) groups excluding carboxylic acids is 1. The van der Waals surface area contributed by atoms with E-state index in [1.54, 1.807) is 0 Å². The van der Waals surface area contributed by atoms with Crippen LogP contribution in [0.1, 0.15) is 277 Å². The van der Waals surface area contributed by atoms with Gasteiger partial charge in [0.25, 0.3) is 7.82 Å². The van der Waals surface area contributed by atoms with E-state index in [9.17, 15) is 19.4 Å². The van der Waals surface area contributed by atoms with Crippen molar-refractivity contribution in [3.8, 4) is 0 Å². The van der Waals surface area contributed by atoms with Gasteiger partial charge in [0, 0.05) is 6.42 Å². The molecule has 0 saturated heterocycles. The SMILES string of the molecule is CCCCCCCCCC/C=C\CCCCCCCCCCCCCCCCCCCCCCCCCC(=O)NC(COP(=O)([O-])OCC[N+](C)(C)C)C(O)CCCCCCCC.